The molecule has 0 heterocycles. The van der Waals surface area contributed by atoms with Gasteiger partial charge in [-0.1, -0.05) is 138 Å². The molecule has 0 aromatic heterocycles. The first-order valence-corrected chi connectivity index (χ1v) is 22.6. The third kappa shape index (κ3) is 6.96. The molecule has 2 aromatic rings. The highest BCUT2D eigenvalue weighted by Gasteiger charge is 2.54. The fourth-order valence-electron chi connectivity index (χ4n) is 12.9. The SMILES string of the molecule is C=C1CCC2C3CCC4=C(CCC(=O)C4)C3=C(c3ccccc3)C[C@]12C.C=C1CCC2C3CCC4=CC(=O)CCC4=C3[C@H](c3ccccc3)C[C@]12C.CC.CC. The lowest BCUT2D eigenvalue weighted by Crippen LogP contribution is -2.41. The third-order valence-corrected chi connectivity index (χ3v) is 15.7. The Kier molecular flexibility index (Phi) is 12.0. The number of benzene rings is 2. The van der Waals surface area contributed by atoms with E-state index < -0.39 is 0 Å². The summed E-state index contributed by atoms with van der Waals surface area (Å²) in [5.74, 6) is 4.09. The van der Waals surface area contributed by atoms with Gasteiger partial charge >= 0.3 is 0 Å². The van der Waals surface area contributed by atoms with E-state index >= 15 is 0 Å². The monoisotopic (exact) mass is 749 g/mol. The summed E-state index contributed by atoms with van der Waals surface area (Å²) in [6.07, 6.45) is 18.0. The van der Waals surface area contributed by atoms with Crippen LogP contribution in [0.2, 0.25) is 0 Å². The van der Waals surface area contributed by atoms with Crippen LogP contribution in [-0.2, 0) is 9.59 Å². The molecule has 0 bridgehead atoms. The van der Waals surface area contributed by atoms with Crippen LogP contribution < -0.4 is 0 Å². The first kappa shape index (κ1) is 40.4. The van der Waals surface area contributed by atoms with Gasteiger partial charge in [-0.3, -0.25) is 9.59 Å². The lowest BCUT2D eigenvalue weighted by Gasteiger charge is -2.51. The molecule has 10 rings (SSSR count). The predicted molar refractivity (Wildman–Crippen MR) is 235 cm³/mol. The largest absolute Gasteiger partial charge is 0.299 e. The first-order chi connectivity index (χ1) is 27.2. The van der Waals surface area contributed by atoms with Crippen molar-refractivity contribution in [3.63, 3.8) is 0 Å². The van der Waals surface area contributed by atoms with Crippen molar-refractivity contribution < 1.29 is 9.59 Å². The molecule has 2 nitrogen and oxygen atoms in total. The molecule has 0 spiro atoms. The maximum atomic E-state index is 12.0. The Hall–Kier alpha value is -3.78. The van der Waals surface area contributed by atoms with Gasteiger partial charge in [-0.2, -0.15) is 0 Å². The maximum absolute atomic E-state index is 12.0. The molecule has 3 fully saturated rings. The van der Waals surface area contributed by atoms with Crippen LogP contribution in [0.3, 0.4) is 0 Å². The van der Waals surface area contributed by atoms with Crippen LogP contribution in [0.1, 0.15) is 155 Å². The molecule has 296 valence electrons. The van der Waals surface area contributed by atoms with Crippen LogP contribution in [0.5, 0.6) is 0 Å². The summed E-state index contributed by atoms with van der Waals surface area (Å²) < 4.78 is 0. The smallest absolute Gasteiger partial charge is 0.156 e. The Balaban J connectivity index is 0.000000158. The Morgan fingerprint density at radius 2 is 1.21 bits per heavy atom. The summed E-state index contributed by atoms with van der Waals surface area (Å²) in [5.41, 5.74) is 17.1. The number of carbonyl (C=O) groups excluding carboxylic acids is 2. The molecule has 2 heteroatoms. The van der Waals surface area contributed by atoms with Gasteiger partial charge in [0.1, 0.15) is 5.78 Å². The highest BCUT2D eigenvalue weighted by atomic mass is 16.1. The van der Waals surface area contributed by atoms with Crippen molar-refractivity contribution in [3.8, 4) is 0 Å². The van der Waals surface area contributed by atoms with Crippen LogP contribution in [0.25, 0.3) is 5.57 Å². The van der Waals surface area contributed by atoms with Crippen LogP contribution in [0.15, 0.2) is 124 Å². The van der Waals surface area contributed by atoms with Gasteiger partial charge in [0.15, 0.2) is 5.78 Å². The minimum absolute atomic E-state index is 0.252. The second-order valence-electron chi connectivity index (χ2n) is 18.1. The quantitative estimate of drug-likeness (QED) is 0.287. The van der Waals surface area contributed by atoms with E-state index in [1.807, 2.05) is 33.8 Å². The van der Waals surface area contributed by atoms with Crippen LogP contribution in [0.4, 0.5) is 0 Å². The van der Waals surface area contributed by atoms with E-state index in [0.29, 0.717) is 42.2 Å². The zero-order valence-electron chi connectivity index (χ0n) is 35.6. The van der Waals surface area contributed by atoms with E-state index in [1.165, 1.54) is 78.4 Å². The second kappa shape index (κ2) is 16.6. The lowest BCUT2D eigenvalue weighted by molar-refractivity contribution is -0.119. The molecule has 8 aliphatic carbocycles. The highest BCUT2D eigenvalue weighted by molar-refractivity contribution is 5.93. The molecule has 0 aliphatic heterocycles. The van der Waals surface area contributed by atoms with Crippen molar-refractivity contribution in [2.24, 2.45) is 34.5 Å². The Bertz CT molecular complexity index is 1980. The molecular weight excluding hydrogens is 681 g/mol. The van der Waals surface area contributed by atoms with Crippen LogP contribution in [0, 0.1) is 34.5 Å². The van der Waals surface area contributed by atoms with Gasteiger partial charge in [-0.15, -0.1) is 0 Å². The average Bonchev–Trinajstić information content (AvgIpc) is 3.71. The van der Waals surface area contributed by atoms with E-state index in [9.17, 15) is 9.59 Å². The van der Waals surface area contributed by atoms with Gasteiger partial charge in [0.2, 0.25) is 0 Å². The number of carbonyl (C=O) groups is 2. The van der Waals surface area contributed by atoms with Crippen LogP contribution >= 0.6 is 0 Å². The second-order valence-corrected chi connectivity index (χ2v) is 18.1. The number of hydrogen-bond donors (Lipinski definition) is 0. The van der Waals surface area contributed by atoms with Crippen molar-refractivity contribution in [1.29, 1.82) is 0 Å². The Morgan fingerprint density at radius 3 is 1.91 bits per heavy atom. The lowest BCUT2D eigenvalue weighted by atomic mass is 9.53. The fourth-order valence-corrected chi connectivity index (χ4v) is 12.9. The van der Waals surface area contributed by atoms with Crippen molar-refractivity contribution in [1.82, 2.24) is 0 Å². The van der Waals surface area contributed by atoms with Gasteiger partial charge in [-0.05, 0) is 157 Å². The number of rotatable bonds is 2. The standard InChI is InChI=1S/2C25H28O.2C2H6/c2*1-16-8-13-23-21-11-9-18-14-19(26)10-12-20(18)24(21)22(15-25(16,23)2)17-6-4-3-5-7-17;2*1-2/h3-7,21,23H,1,8-15H2,2H3;3-7,14,21-23H,1,8-13,15H2,2H3;2*1-2H3/t21?,23?,25-;21?,22-,23?,25+;;/m10../s1. The molecule has 0 saturated heterocycles. The van der Waals surface area contributed by atoms with Crippen molar-refractivity contribution in [2.75, 3.05) is 0 Å². The van der Waals surface area contributed by atoms with E-state index in [4.69, 9.17) is 0 Å². The number of allylic oxidation sites excluding steroid dienone is 10. The Labute approximate surface area is 339 Å². The predicted octanol–water partition coefficient (Wildman–Crippen LogP) is 14.5. The summed E-state index contributed by atoms with van der Waals surface area (Å²) in [6, 6.07) is 22.1. The zero-order chi connectivity index (χ0) is 39.8. The summed E-state index contributed by atoms with van der Waals surface area (Å²) >= 11 is 0. The minimum Gasteiger partial charge on any atom is -0.299 e. The Morgan fingerprint density at radius 1 is 0.607 bits per heavy atom. The minimum atomic E-state index is 0.252. The molecule has 0 radical (unpaired) electrons. The summed E-state index contributed by atoms with van der Waals surface area (Å²) in [6.45, 7) is 21.9. The molecule has 8 aliphatic rings. The van der Waals surface area contributed by atoms with Gasteiger partial charge in [0.05, 0.1) is 0 Å². The van der Waals surface area contributed by atoms with Gasteiger partial charge in [0.25, 0.3) is 0 Å². The maximum Gasteiger partial charge on any atom is 0.156 e. The van der Waals surface area contributed by atoms with Crippen molar-refractivity contribution in [3.05, 3.63) is 136 Å². The molecule has 7 atom stereocenters. The molecular formula is C54H68O2. The van der Waals surface area contributed by atoms with Crippen LogP contribution in [-0.4, -0.2) is 11.6 Å². The molecule has 0 amide bonds. The number of Topliss-reactive ketones (excluding diaryl/α,β-unsaturated/α-hetero) is 1. The zero-order valence-corrected chi connectivity index (χ0v) is 35.6. The first-order valence-electron chi connectivity index (χ1n) is 22.6. The van der Waals surface area contributed by atoms with E-state index in [0.717, 1.165) is 50.4 Å². The number of fused-ring (bicyclic) bond motifs is 8. The molecule has 2 aromatic carbocycles. The normalized spacial score (nSPS) is 32.8. The summed E-state index contributed by atoms with van der Waals surface area (Å²) in [5, 5.41) is 0. The van der Waals surface area contributed by atoms with E-state index in [-0.39, 0.29) is 10.8 Å². The third-order valence-electron chi connectivity index (χ3n) is 15.7. The van der Waals surface area contributed by atoms with E-state index in [1.54, 1.807) is 27.9 Å². The summed E-state index contributed by atoms with van der Waals surface area (Å²) in [7, 11) is 0. The summed E-state index contributed by atoms with van der Waals surface area (Å²) in [4.78, 5) is 24.0. The van der Waals surface area contributed by atoms with E-state index in [2.05, 4.69) is 87.7 Å². The number of hydrogen-bond acceptors (Lipinski definition) is 2. The number of ketones is 2. The molecule has 0 N–H and O–H groups in total. The fraction of sp³-hybridized carbons (Fsp3) is 0.519. The van der Waals surface area contributed by atoms with Gasteiger partial charge < -0.3 is 0 Å². The van der Waals surface area contributed by atoms with Crippen molar-refractivity contribution >= 4 is 17.1 Å². The molecule has 4 unspecified atom stereocenters. The van der Waals surface area contributed by atoms with Gasteiger partial charge in [-0.25, -0.2) is 0 Å². The topological polar surface area (TPSA) is 34.1 Å². The highest BCUT2D eigenvalue weighted by Crippen LogP contribution is 2.66. The van der Waals surface area contributed by atoms with Gasteiger partial charge in [0, 0.05) is 25.2 Å². The van der Waals surface area contributed by atoms with Crippen molar-refractivity contribution in [2.45, 2.75) is 144 Å². The molecule has 3 saturated carbocycles. The molecule has 56 heavy (non-hydrogen) atoms. The average molecular weight is 749 g/mol.